The van der Waals surface area contributed by atoms with E-state index < -0.39 is 11.4 Å². The van der Waals surface area contributed by atoms with Crippen molar-refractivity contribution >= 4 is 11.4 Å². The van der Waals surface area contributed by atoms with Gasteiger partial charge in [-0.2, -0.15) is 0 Å². The van der Waals surface area contributed by atoms with Gasteiger partial charge in [-0.25, -0.2) is 0 Å². The smallest absolute Gasteiger partial charge is 0.784 e. The monoisotopic (exact) mass is 298 g/mol. The van der Waals surface area contributed by atoms with Crippen LogP contribution < -0.4 is 59.1 Å². The van der Waals surface area contributed by atoms with Gasteiger partial charge in [0.05, 0.1) is 0 Å². The molecule has 15 N–H and O–H groups in total. The van der Waals surface area contributed by atoms with E-state index in [1.807, 2.05) is 0 Å². The summed E-state index contributed by atoms with van der Waals surface area (Å²) in [6.45, 7) is 1.93. The van der Waals surface area contributed by atoms with Crippen LogP contribution in [0.1, 0.15) is 6.92 Å². The first kappa shape index (κ1) is 109. The number of aliphatic hydroxyl groups excluding tert-OH is 1. The van der Waals surface area contributed by atoms with Gasteiger partial charge in [-0.15, -0.1) is 11.4 Å². The average Bonchev–Trinajstić information content (AvgIpc) is 1.33. The van der Waals surface area contributed by atoms with Gasteiger partial charge in [-0.1, -0.05) is 0 Å². The van der Waals surface area contributed by atoms with Gasteiger partial charge in [-0.3, -0.25) is 4.21 Å². The minimum absolute atomic E-state index is 0. The Morgan fingerprint density at radius 3 is 0.875 bits per heavy atom. The van der Waals surface area contributed by atoms with Crippen LogP contribution in [0.5, 0.6) is 0 Å². The maximum Gasteiger partial charge on any atom is 1.00 e. The van der Waals surface area contributed by atoms with Gasteiger partial charge in [0.15, 0.2) is 0 Å². The van der Waals surface area contributed by atoms with Crippen molar-refractivity contribution in [1.82, 2.24) is 0 Å². The van der Waals surface area contributed by atoms with Crippen LogP contribution in [0.4, 0.5) is 0 Å². The van der Waals surface area contributed by atoms with Crippen molar-refractivity contribution in [2.24, 2.45) is 0 Å². The Bertz CT molecular complexity index is 53.2. The van der Waals surface area contributed by atoms with E-state index in [0.29, 0.717) is 0 Å². The molecule has 11 nitrogen and oxygen atoms in total. The molecule has 0 aromatic rings. The summed E-state index contributed by atoms with van der Waals surface area (Å²) in [5, 5.41) is 7.57. The Morgan fingerprint density at radius 1 is 0.875 bits per heavy atom. The maximum absolute atomic E-state index is 8.44. The average molecular weight is 298 g/mol. The molecule has 0 radical (unpaired) electrons. The fraction of sp³-hybridized carbons (Fsp3) is 1.00. The summed E-state index contributed by atoms with van der Waals surface area (Å²) in [5.41, 5.74) is 0. The van der Waals surface area contributed by atoms with Crippen LogP contribution in [0.2, 0.25) is 0 Å². The molecular formula is C2H20Na2O11S. The van der Waals surface area contributed by atoms with Crippen LogP contribution in [-0.2, 0) is 11.4 Å². The van der Waals surface area contributed by atoms with Crippen LogP contribution in [0, 0.1) is 0 Å². The molecule has 0 aliphatic carbocycles. The van der Waals surface area contributed by atoms with Gasteiger partial charge in [0.1, 0.15) is 0 Å². The predicted molar refractivity (Wildman–Crippen MR) is 47.8 cm³/mol. The molecule has 0 aliphatic rings. The summed E-state index contributed by atoms with van der Waals surface area (Å²) in [7, 11) is 0. The van der Waals surface area contributed by atoms with E-state index in [1.54, 1.807) is 6.92 Å². The minimum atomic E-state index is -3.11. The van der Waals surface area contributed by atoms with E-state index >= 15 is 0 Å². The summed E-state index contributed by atoms with van der Waals surface area (Å²) < 4.78 is 25.3. The van der Waals surface area contributed by atoms with E-state index in [0.717, 1.165) is 0 Å². The standard InChI is InChI=1S/C2H6O.2Na.H2O3S.7H2O/c1-2-3;;;1-4(2)3;;;;;;;/h3H,2H2,1H3;;;(H2,1,2,3);7*1H2/q;2*+1;;;;;;;;/p-2. The van der Waals surface area contributed by atoms with Gasteiger partial charge in [-0.05, 0) is 6.92 Å². The van der Waals surface area contributed by atoms with Crippen molar-refractivity contribution in [3.8, 4) is 0 Å². The normalized spacial score (nSPS) is 3.31. The van der Waals surface area contributed by atoms with Crippen molar-refractivity contribution in [3.05, 3.63) is 0 Å². The summed E-state index contributed by atoms with van der Waals surface area (Å²) >= 11 is -3.11. The topological polar surface area (TPSA) is 304 Å². The van der Waals surface area contributed by atoms with Crippen LogP contribution in [0.3, 0.4) is 0 Å². The van der Waals surface area contributed by atoms with Crippen molar-refractivity contribution in [2.45, 2.75) is 6.92 Å². The van der Waals surface area contributed by atoms with Crippen LogP contribution >= 0.6 is 0 Å². The molecule has 0 aliphatic heterocycles. The van der Waals surface area contributed by atoms with Crippen molar-refractivity contribution < 1.29 is 116 Å². The second-order valence-electron chi connectivity index (χ2n) is 0.520. The molecule has 16 heavy (non-hydrogen) atoms. The molecule has 0 amide bonds. The zero-order chi connectivity index (χ0) is 6.28. The fourth-order valence-electron chi connectivity index (χ4n) is 0. The number of hydrogen-bond acceptors (Lipinski definition) is 4. The molecular weight excluding hydrogens is 278 g/mol. The zero-order valence-corrected chi connectivity index (χ0v) is 14.1. The maximum atomic E-state index is 8.44. The first-order valence-electron chi connectivity index (χ1n) is 1.52. The Morgan fingerprint density at radius 2 is 0.875 bits per heavy atom. The quantitative estimate of drug-likeness (QED) is 0.335. The van der Waals surface area contributed by atoms with Crippen molar-refractivity contribution in [3.63, 3.8) is 0 Å². The molecule has 0 heterocycles. The second kappa shape index (κ2) is 126. The molecule has 0 aromatic heterocycles. The summed E-state index contributed by atoms with van der Waals surface area (Å²) in [4.78, 5) is 0. The predicted octanol–water partition coefficient (Wildman–Crippen LogP) is -12.8. The van der Waals surface area contributed by atoms with Crippen molar-refractivity contribution in [2.75, 3.05) is 6.61 Å². The van der Waals surface area contributed by atoms with E-state index in [1.165, 1.54) is 0 Å². The Hall–Kier alpha value is 1.75. The largest absolute Gasteiger partial charge is 1.00 e. The van der Waals surface area contributed by atoms with Crippen molar-refractivity contribution in [1.29, 1.82) is 0 Å². The van der Waals surface area contributed by atoms with Crippen LogP contribution in [-0.4, -0.2) is 63.4 Å². The first-order valence-corrected chi connectivity index (χ1v) is 2.52. The molecule has 0 rings (SSSR count). The van der Waals surface area contributed by atoms with E-state index in [2.05, 4.69) is 0 Å². The Balaban J connectivity index is -0.00000000224. The first-order chi connectivity index (χ1) is 3.15. The minimum Gasteiger partial charge on any atom is -0.784 e. The molecule has 0 saturated heterocycles. The van der Waals surface area contributed by atoms with Gasteiger partial charge >= 0.3 is 59.1 Å². The Labute approximate surface area is 139 Å². The molecule has 0 atom stereocenters. The molecule has 14 heteroatoms. The molecule has 0 aromatic carbocycles. The number of rotatable bonds is 0. The van der Waals surface area contributed by atoms with Gasteiger partial charge in [0.2, 0.25) is 0 Å². The SMILES string of the molecule is CCO.O.O.O.O.O.O.O.O=S([O-])[O-].[Na+].[Na+]. The summed E-state index contributed by atoms with van der Waals surface area (Å²) in [5.74, 6) is 0. The molecule has 0 spiro atoms. The third-order valence-electron chi connectivity index (χ3n) is 0. The molecule has 102 valence electrons. The van der Waals surface area contributed by atoms with Gasteiger partial charge in [0, 0.05) is 6.61 Å². The molecule has 0 saturated carbocycles. The molecule has 0 fully saturated rings. The molecule has 0 bridgehead atoms. The number of aliphatic hydroxyl groups is 1. The third kappa shape index (κ3) is 1120. The van der Waals surface area contributed by atoms with Crippen LogP contribution in [0.15, 0.2) is 0 Å². The van der Waals surface area contributed by atoms with Gasteiger partial charge < -0.3 is 52.5 Å². The van der Waals surface area contributed by atoms with Gasteiger partial charge in [0.25, 0.3) is 0 Å². The van der Waals surface area contributed by atoms with E-state index in [4.69, 9.17) is 18.4 Å². The summed E-state index contributed by atoms with van der Waals surface area (Å²) in [6.07, 6.45) is 0. The van der Waals surface area contributed by atoms with Crippen LogP contribution in [0.25, 0.3) is 0 Å². The fourth-order valence-corrected chi connectivity index (χ4v) is 0. The summed E-state index contributed by atoms with van der Waals surface area (Å²) in [6, 6.07) is 0. The van der Waals surface area contributed by atoms with E-state index in [-0.39, 0.29) is 104 Å². The third-order valence-corrected chi connectivity index (χ3v) is 0. The second-order valence-corrected chi connectivity index (χ2v) is 0.929. The number of hydrogen-bond donors (Lipinski definition) is 1. The zero-order valence-electron chi connectivity index (χ0n) is 9.29. The molecule has 0 unspecified atom stereocenters. The van der Waals surface area contributed by atoms with E-state index in [9.17, 15) is 0 Å². The Kier molecular flexibility index (Phi) is 859.